The zero-order valence-electron chi connectivity index (χ0n) is 15.9. The van der Waals surface area contributed by atoms with E-state index < -0.39 is 0 Å². The van der Waals surface area contributed by atoms with Crippen molar-refractivity contribution in [3.8, 4) is 0 Å². The Labute approximate surface area is 171 Å². The van der Waals surface area contributed by atoms with Crippen LogP contribution in [0, 0.1) is 12.7 Å². The van der Waals surface area contributed by atoms with Gasteiger partial charge in [0.1, 0.15) is 11.6 Å². The summed E-state index contributed by atoms with van der Waals surface area (Å²) in [5.74, 6) is -0.120. The van der Waals surface area contributed by atoms with Gasteiger partial charge in [0, 0.05) is 18.0 Å². The Morgan fingerprint density at radius 2 is 2.17 bits per heavy atom. The Balaban J connectivity index is 1.40. The Bertz CT molecular complexity index is 1040. The molecule has 0 spiro atoms. The van der Waals surface area contributed by atoms with Crippen molar-refractivity contribution >= 4 is 28.3 Å². The molecule has 0 atom stereocenters. The second-order valence-corrected chi connectivity index (χ2v) is 7.91. The summed E-state index contributed by atoms with van der Waals surface area (Å²) in [6, 6.07) is 8.12. The molecule has 150 valence electrons. The first-order chi connectivity index (χ1) is 14.0. The quantitative estimate of drug-likeness (QED) is 0.631. The van der Waals surface area contributed by atoms with Gasteiger partial charge in [0.05, 0.1) is 23.9 Å². The zero-order chi connectivity index (χ0) is 20.4. The molecule has 2 aromatic heterocycles. The number of thiazole rings is 1. The maximum absolute atomic E-state index is 13.5. The lowest BCUT2D eigenvalue weighted by Crippen LogP contribution is -2.33. The molecule has 0 aliphatic heterocycles. The summed E-state index contributed by atoms with van der Waals surface area (Å²) in [5.41, 5.74) is 1.82. The van der Waals surface area contributed by atoms with E-state index in [1.807, 2.05) is 6.07 Å². The fraction of sp³-hybridized carbons (Fsp3) is 0.286. The highest BCUT2D eigenvalue weighted by Gasteiger charge is 2.32. The van der Waals surface area contributed by atoms with Crippen LogP contribution in [-0.2, 0) is 17.8 Å². The summed E-state index contributed by atoms with van der Waals surface area (Å²) in [7, 11) is 0. The molecule has 0 unspecified atom stereocenters. The van der Waals surface area contributed by atoms with Crippen molar-refractivity contribution in [1.29, 1.82) is 0 Å². The number of hydrogen-bond donors (Lipinski definition) is 1. The van der Waals surface area contributed by atoms with Crippen molar-refractivity contribution in [3.63, 3.8) is 0 Å². The van der Waals surface area contributed by atoms with Crippen molar-refractivity contribution in [2.75, 3.05) is 5.32 Å². The van der Waals surface area contributed by atoms with Crippen molar-refractivity contribution < 1.29 is 18.4 Å². The first-order valence-corrected chi connectivity index (χ1v) is 10.2. The molecule has 1 aromatic carbocycles. The van der Waals surface area contributed by atoms with Gasteiger partial charge in [-0.25, -0.2) is 9.37 Å². The third kappa shape index (κ3) is 4.71. The second-order valence-electron chi connectivity index (χ2n) is 7.05. The minimum atomic E-state index is -0.307. The molecule has 1 aliphatic carbocycles. The number of aryl methyl sites for hydroxylation is 1. The molecule has 0 saturated heterocycles. The average Bonchev–Trinajstić information content (AvgIpc) is 3.28. The van der Waals surface area contributed by atoms with Crippen molar-refractivity contribution in [2.24, 2.45) is 0 Å². The van der Waals surface area contributed by atoms with Gasteiger partial charge < -0.3 is 9.32 Å². The number of carbonyl (C=O) groups excluding carboxylic acids is 2. The van der Waals surface area contributed by atoms with E-state index in [0.29, 0.717) is 28.7 Å². The predicted octanol–water partition coefficient (Wildman–Crippen LogP) is 4.17. The summed E-state index contributed by atoms with van der Waals surface area (Å²) in [4.78, 5) is 31.3. The largest absolute Gasteiger partial charge is 0.469 e. The van der Waals surface area contributed by atoms with E-state index in [0.717, 1.165) is 18.4 Å². The van der Waals surface area contributed by atoms with Crippen LogP contribution in [0.15, 0.2) is 46.4 Å². The number of aromatic nitrogens is 1. The number of carbonyl (C=O) groups is 2. The summed E-state index contributed by atoms with van der Waals surface area (Å²) in [6.45, 7) is 2.10. The van der Waals surface area contributed by atoms with Crippen LogP contribution in [-0.4, -0.2) is 27.7 Å². The van der Waals surface area contributed by atoms with Gasteiger partial charge in [-0.05, 0) is 43.5 Å². The number of halogens is 1. The molecule has 1 fully saturated rings. The number of amides is 2. The smallest absolute Gasteiger partial charge is 0.260 e. The van der Waals surface area contributed by atoms with E-state index in [1.165, 1.54) is 29.7 Å². The lowest BCUT2D eigenvalue weighted by Gasteiger charge is -2.22. The summed E-state index contributed by atoms with van der Waals surface area (Å²) in [6.07, 6.45) is 3.52. The average molecular weight is 413 g/mol. The van der Waals surface area contributed by atoms with Crippen LogP contribution in [0.5, 0.6) is 0 Å². The molecule has 4 rings (SSSR count). The Kier molecular flexibility index (Phi) is 5.44. The fourth-order valence-electron chi connectivity index (χ4n) is 3.13. The predicted molar refractivity (Wildman–Crippen MR) is 107 cm³/mol. The van der Waals surface area contributed by atoms with Crippen LogP contribution in [0.2, 0.25) is 0 Å². The minimum Gasteiger partial charge on any atom is -0.469 e. The molecule has 29 heavy (non-hydrogen) atoms. The van der Waals surface area contributed by atoms with Gasteiger partial charge in [-0.1, -0.05) is 12.1 Å². The van der Waals surface area contributed by atoms with Gasteiger partial charge in [0.25, 0.3) is 5.91 Å². The standard InChI is InChI=1S/C21H20FN3O3S/c1-13-18(7-8-28-13)20(27)24-21-23-16(12-29-21)10-19(26)25(17-5-6-17)11-14-3-2-4-15(22)9-14/h2-4,7-9,12,17H,5-6,10-11H2,1H3,(H,23,24,27). The number of nitrogens with zero attached hydrogens (tertiary/aromatic N) is 2. The summed E-state index contributed by atoms with van der Waals surface area (Å²) in [5, 5.41) is 4.93. The number of rotatable bonds is 7. The third-order valence-electron chi connectivity index (χ3n) is 4.76. The van der Waals surface area contributed by atoms with Crippen molar-refractivity contribution in [3.05, 3.63) is 70.4 Å². The van der Waals surface area contributed by atoms with Crippen LogP contribution in [0.1, 0.15) is 40.2 Å². The SMILES string of the molecule is Cc1occc1C(=O)Nc1nc(CC(=O)N(Cc2cccc(F)c2)C2CC2)cs1. The lowest BCUT2D eigenvalue weighted by molar-refractivity contribution is -0.131. The van der Waals surface area contributed by atoms with Gasteiger partial charge in [-0.2, -0.15) is 0 Å². The van der Waals surface area contributed by atoms with Gasteiger partial charge in [0.2, 0.25) is 5.91 Å². The third-order valence-corrected chi connectivity index (χ3v) is 5.56. The molecule has 2 heterocycles. The molecule has 0 radical (unpaired) electrons. The van der Waals surface area contributed by atoms with Crippen LogP contribution < -0.4 is 5.32 Å². The fourth-order valence-corrected chi connectivity index (χ4v) is 3.83. The highest BCUT2D eigenvalue weighted by Crippen LogP contribution is 2.29. The van der Waals surface area contributed by atoms with E-state index in [2.05, 4.69) is 10.3 Å². The van der Waals surface area contributed by atoms with Gasteiger partial charge in [-0.15, -0.1) is 11.3 Å². The van der Waals surface area contributed by atoms with Crippen molar-refractivity contribution in [1.82, 2.24) is 9.88 Å². The molecular weight excluding hydrogens is 393 g/mol. The zero-order valence-corrected chi connectivity index (χ0v) is 16.7. The normalized spacial score (nSPS) is 13.3. The van der Waals surface area contributed by atoms with Gasteiger partial charge in [-0.3, -0.25) is 14.9 Å². The van der Waals surface area contributed by atoms with Gasteiger partial charge in [0.15, 0.2) is 5.13 Å². The highest BCUT2D eigenvalue weighted by molar-refractivity contribution is 7.14. The van der Waals surface area contributed by atoms with Crippen LogP contribution in [0.25, 0.3) is 0 Å². The molecule has 1 saturated carbocycles. The molecule has 8 heteroatoms. The van der Waals surface area contributed by atoms with Crippen LogP contribution >= 0.6 is 11.3 Å². The topological polar surface area (TPSA) is 75.4 Å². The van der Waals surface area contributed by atoms with E-state index in [4.69, 9.17) is 4.42 Å². The van der Waals surface area contributed by atoms with Gasteiger partial charge >= 0.3 is 0 Å². The molecule has 3 aromatic rings. The first-order valence-electron chi connectivity index (χ1n) is 9.33. The maximum atomic E-state index is 13.5. The molecule has 1 N–H and O–H groups in total. The number of hydrogen-bond acceptors (Lipinski definition) is 5. The number of benzene rings is 1. The molecule has 0 bridgehead atoms. The maximum Gasteiger partial charge on any atom is 0.260 e. The van der Waals surface area contributed by atoms with Crippen LogP contribution in [0.4, 0.5) is 9.52 Å². The second kappa shape index (κ2) is 8.16. The Hall–Kier alpha value is -3.00. The highest BCUT2D eigenvalue weighted by atomic mass is 32.1. The van der Waals surface area contributed by atoms with E-state index >= 15 is 0 Å². The number of anilines is 1. The summed E-state index contributed by atoms with van der Waals surface area (Å²) < 4.78 is 18.6. The van der Waals surface area contributed by atoms with E-state index in [-0.39, 0.29) is 30.1 Å². The van der Waals surface area contributed by atoms with Crippen molar-refractivity contribution in [2.45, 2.75) is 38.8 Å². The number of nitrogens with one attached hydrogen (secondary N) is 1. The Morgan fingerprint density at radius 3 is 2.86 bits per heavy atom. The minimum absolute atomic E-state index is 0.0504. The van der Waals surface area contributed by atoms with Crippen LogP contribution in [0.3, 0.4) is 0 Å². The van der Waals surface area contributed by atoms with E-state index in [1.54, 1.807) is 29.3 Å². The van der Waals surface area contributed by atoms with E-state index in [9.17, 15) is 14.0 Å². The molecule has 1 aliphatic rings. The lowest BCUT2D eigenvalue weighted by atomic mass is 10.2. The Morgan fingerprint density at radius 1 is 1.34 bits per heavy atom. The molecule has 6 nitrogen and oxygen atoms in total. The monoisotopic (exact) mass is 413 g/mol. The molecular formula is C21H20FN3O3S. The molecule has 2 amide bonds. The number of furan rings is 1. The summed E-state index contributed by atoms with van der Waals surface area (Å²) >= 11 is 1.27. The first kappa shape index (κ1) is 19.3.